The van der Waals surface area contributed by atoms with Crippen LogP contribution in [0.3, 0.4) is 0 Å². The van der Waals surface area contributed by atoms with Crippen molar-refractivity contribution in [1.29, 1.82) is 0 Å². The molecular formula is C14H12O6. The van der Waals surface area contributed by atoms with Crippen LogP contribution >= 0.6 is 0 Å². The van der Waals surface area contributed by atoms with E-state index in [1.807, 2.05) is 0 Å². The summed E-state index contributed by atoms with van der Waals surface area (Å²) in [7, 11) is 1.28. The smallest absolute Gasteiger partial charge is 0.200 e. The molecule has 0 amide bonds. The summed E-state index contributed by atoms with van der Waals surface area (Å²) in [6, 6.07) is 5.77. The van der Waals surface area contributed by atoms with Crippen LogP contribution in [0.2, 0.25) is 0 Å². The van der Waals surface area contributed by atoms with E-state index >= 15 is 0 Å². The zero-order valence-corrected chi connectivity index (χ0v) is 10.5. The molecule has 0 atom stereocenters. The van der Waals surface area contributed by atoms with Gasteiger partial charge in [-0.1, -0.05) is 0 Å². The molecule has 0 spiro atoms. The Labute approximate surface area is 114 Å². The molecule has 0 saturated heterocycles. The molecule has 6 nitrogen and oxygen atoms in total. The second-order valence-electron chi connectivity index (χ2n) is 4.11. The molecule has 0 bridgehead atoms. The van der Waals surface area contributed by atoms with Gasteiger partial charge in [0.1, 0.15) is 11.5 Å². The maximum atomic E-state index is 12.2. The molecule has 20 heavy (non-hydrogen) atoms. The highest BCUT2D eigenvalue weighted by molar-refractivity contribution is 6.10. The van der Waals surface area contributed by atoms with Crippen molar-refractivity contribution in [2.45, 2.75) is 0 Å². The molecule has 0 radical (unpaired) electrons. The number of rotatable bonds is 3. The van der Waals surface area contributed by atoms with Gasteiger partial charge in [-0.05, 0) is 24.3 Å². The Bertz CT molecular complexity index is 657. The lowest BCUT2D eigenvalue weighted by atomic mass is 10.0. The van der Waals surface area contributed by atoms with Gasteiger partial charge in [0.15, 0.2) is 17.3 Å². The first-order valence-electron chi connectivity index (χ1n) is 5.60. The van der Waals surface area contributed by atoms with Crippen molar-refractivity contribution in [2.75, 3.05) is 7.11 Å². The summed E-state index contributed by atoms with van der Waals surface area (Å²) in [5.41, 5.74) is 0.0804. The van der Waals surface area contributed by atoms with E-state index in [0.717, 1.165) is 12.1 Å². The minimum atomic E-state index is -0.551. The summed E-state index contributed by atoms with van der Waals surface area (Å²) >= 11 is 0. The Kier molecular flexibility index (Phi) is 3.39. The Morgan fingerprint density at radius 2 is 1.45 bits per heavy atom. The summed E-state index contributed by atoms with van der Waals surface area (Å²) < 4.78 is 4.84. The third-order valence-corrected chi connectivity index (χ3v) is 2.70. The normalized spacial score (nSPS) is 10.2. The molecule has 0 aliphatic carbocycles. The first-order chi connectivity index (χ1) is 9.42. The molecule has 0 unspecified atom stereocenters. The topological polar surface area (TPSA) is 107 Å². The standard InChI is InChI=1S/C14H12O6/c1-20-12-5-8(4-11(17)14(12)19)13(18)7-2-9(15)6-10(16)3-7/h2-6,15-17,19H,1H3. The van der Waals surface area contributed by atoms with Gasteiger partial charge in [0.25, 0.3) is 0 Å². The van der Waals surface area contributed by atoms with Crippen LogP contribution in [0.1, 0.15) is 15.9 Å². The third kappa shape index (κ3) is 2.44. The number of carbonyl (C=O) groups excluding carboxylic acids is 1. The van der Waals surface area contributed by atoms with Crippen LogP contribution in [0.4, 0.5) is 0 Å². The molecule has 0 aliphatic heterocycles. The molecule has 4 N–H and O–H groups in total. The minimum Gasteiger partial charge on any atom is -0.508 e. The average molecular weight is 276 g/mol. The lowest BCUT2D eigenvalue weighted by Gasteiger charge is -2.08. The molecule has 6 heteroatoms. The number of benzene rings is 2. The predicted molar refractivity (Wildman–Crippen MR) is 69.5 cm³/mol. The van der Waals surface area contributed by atoms with Crippen molar-refractivity contribution < 1.29 is 30.0 Å². The van der Waals surface area contributed by atoms with Gasteiger partial charge in [0, 0.05) is 17.2 Å². The first kappa shape index (κ1) is 13.5. The van der Waals surface area contributed by atoms with Crippen LogP contribution in [0.25, 0.3) is 0 Å². The van der Waals surface area contributed by atoms with Crippen molar-refractivity contribution in [1.82, 2.24) is 0 Å². The number of aromatic hydroxyl groups is 4. The largest absolute Gasteiger partial charge is 0.508 e. The highest BCUT2D eigenvalue weighted by Crippen LogP contribution is 2.37. The number of hydrogen-bond acceptors (Lipinski definition) is 6. The van der Waals surface area contributed by atoms with Gasteiger partial charge < -0.3 is 25.2 Å². The van der Waals surface area contributed by atoms with E-state index in [2.05, 4.69) is 0 Å². The van der Waals surface area contributed by atoms with Crippen molar-refractivity contribution >= 4 is 5.78 Å². The number of phenols is 4. The summed E-state index contributed by atoms with van der Waals surface area (Å²) in [6.07, 6.45) is 0. The van der Waals surface area contributed by atoms with Crippen molar-refractivity contribution in [2.24, 2.45) is 0 Å². The summed E-state index contributed by atoms with van der Waals surface area (Å²) in [5, 5.41) is 37.8. The van der Waals surface area contributed by atoms with E-state index in [9.17, 15) is 25.2 Å². The average Bonchev–Trinajstić information content (AvgIpc) is 2.39. The summed E-state index contributed by atoms with van der Waals surface area (Å²) in [4.78, 5) is 12.2. The fraction of sp³-hybridized carbons (Fsp3) is 0.0714. The SMILES string of the molecule is COc1cc(C(=O)c2cc(O)cc(O)c2)cc(O)c1O. The van der Waals surface area contributed by atoms with Crippen LogP contribution in [-0.2, 0) is 0 Å². The molecule has 0 aromatic heterocycles. The Morgan fingerprint density at radius 1 is 0.900 bits per heavy atom. The van der Waals surface area contributed by atoms with Gasteiger partial charge in [-0.2, -0.15) is 0 Å². The first-order valence-corrected chi connectivity index (χ1v) is 5.60. The van der Waals surface area contributed by atoms with Crippen LogP contribution in [0, 0.1) is 0 Å². The van der Waals surface area contributed by atoms with Gasteiger partial charge in [-0.15, -0.1) is 0 Å². The molecule has 2 aromatic rings. The second-order valence-corrected chi connectivity index (χ2v) is 4.11. The molecule has 0 aliphatic rings. The van der Waals surface area contributed by atoms with Crippen molar-refractivity contribution in [3.8, 4) is 28.7 Å². The van der Waals surface area contributed by atoms with Gasteiger partial charge in [0.2, 0.25) is 5.75 Å². The zero-order chi connectivity index (χ0) is 14.9. The Hall–Kier alpha value is -2.89. The van der Waals surface area contributed by atoms with E-state index < -0.39 is 17.3 Å². The molecule has 2 rings (SSSR count). The third-order valence-electron chi connectivity index (χ3n) is 2.70. The van der Waals surface area contributed by atoms with Gasteiger partial charge >= 0.3 is 0 Å². The van der Waals surface area contributed by atoms with Crippen molar-refractivity contribution in [3.63, 3.8) is 0 Å². The maximum absolute atomic E-state index is 12.2. The fourth-order valence-electron chi connectivity index (χ4n) is 1.77. The number of ether oxygens (including phenoxy) is 1. The molecule has 104 valence electrons. The molecular weight excluding hydrogens is 264 g/mol. The lowest BCUT2D eigenvalue weighted by Crippen LogP contribution is -2.01. The number of methoxy groups -OCH3 is 1. The second kappa shape index (κ2) is 5.00. The number of ketones is 1. The number of carbonyl (C=O) groups is 1. The summed E-state index contributed by atoms with van der Waals surface area (Å²) in [5.74, 6) is -2.10. The van der Waals surface area contributed by atoms with E-state index in [1.165, 1.54) is 25.3 Å². The van der Waals surface area contributed by atoms with Crippen LogP contribution in [0.15, 0.2) is 30.3 Å². The van der Waals surface area contributed by atoms with Crippen LogP contribution in [0.5, 0.6) is 28.7 Å². The Morgan fingerprint density at radius 3 is 2.00 bits per heavy atom. The van der Waals surface area contributed by atoms with Crippen molar-refractivity contribution in [3.05, 3.63) is 41.5 Å². The highest BCUT2D eigenvalue weighted by Gasteiger charge is 2.17. The van der Waals surface area contributed by atoms with E-state index in [0.29, 0.717) is 0 Å². The maximum Gasteiger partial charge on any atom is 0.200 e. The molecule has 0 saturated carbocycles. The van der Waals surface area contributed by atoms with Gasteiger partial charge in [-0.3, -0.25) is 4.79 Å². The monoisotopic (exact) mass is 276 g/mol. The lowest BCUT2D eigenvalue weighted by molar-refractivity contribution is 0.103. The quantitative estimate of drug-likeness (QED) is 0.502. The van der Waals surface area contributed by atoms with E-state index in [1.54, 1.807) is 0 Å². The Balaban J connectivity index is 2.50. The minimum absolute atomic E-state index is 0.0367. The van der Waals surface area contributed by atoms with Crippen LogP contribution < -0.4 is 4.74 Å². The highest BCUT2D eigenvalue weighted by atomic mass is 16.5. The summed E-state index contributed by atoms with van der Waals surface area (Å²) in [6.45, 7) is 0. The molecule has 2 aromatic carbocycles. The molecule has 0 fully saturated rings. The van der Waals surface area contributed by atoms with E-state index in [-0.39, 0.29) is 28.4 Å². The fourth-order valence-corrected chi connectivity index (χ4v) is 1.77. The van der Waals surface area contributed by atoms with Gasteiger partial charge in [0.05, 0.1) is 7.11 Å². The van der Waals surface area contributed by atoms with E-state index in [4.69, 9.17) is 4.74 Å². The van der Waals surface area contributed by atoms with Gasteiger partial charge in [-0.25, -0.2) is 0 Å². The predicted octanol–water partition coefficient (Wildman–Crippen LogP) is 1.75. The van der Waals surface area contributed by atoms with Crippen LogP contribution in [-0.4, -0.2) is 33.3 Å². The zero-order valence-electron chi connectivity index (χ0n) is 10.5. The molecule has 0 heterocycles. The number of hydrogen-bond donors (Lipinski definition) is 4. The number of phenolic OH excluding ortho intramolecular Hbond substituents is 4.